The molecule has 0 radical (unpaired) electrons. The van der Waals surface area contributed by atoms with Crippen molar-refractivity contribution in [2.75, 3.05) is 0 Å². The number of aliphatic hydroxyl groups is 1. The van der Waals surface area contributed by atoms with Crippen LogP contribution in [0.5, 0.6) is 0 Å². The van der Waals surface area contributed by atoms with E-state index in [4.69, 9.17) is 18.6 Å². The van der Waals surface area contributed by atoms with Gasteiger partial charge in [0, 0.05) is 0 Å². The van der Waals surface area contributed by atoms with Gasteiger partial charge in [0.1, 0.15) is 17.8 Å². The maximum absolute atomic E-state index is 13.2. The Balaban J connectivity index is 1.56. The summed E-state index contributed by atoms with van der Waals surface area (Å²) in [6.45, 7) is 7.75. The smallest absolute Gasteiger partial charge is 0.374 e. The predicted molar refractivity (Wildman–Crippen MR) is 122 cm³/mol. The van der Waals surface area contributed by atoms with E-state index in [1.54, 1.807) is 43.3 Å². The van der Waals surface area contributed by atoms with Gasteiger partial charge >= 0.3 is 11.9 Å². The molecule has 3 fully saturated rings. The first-order valence-electron chi connectivity index (χ1n) is 11.9. The van der Waals surface area contributed by atoms with Gasteiger partial charge < -0.3 is 23.7 Å². The molecule has 1 spiro atoms. The molecule has 5 rings (SSSR count). The van der Waals surface area contributed by atoms with Gasteiger partial charge in [0.25, 0.3) is 0 Å². The highest BCUT2D eigenvalue weighted by molar-refractivity contribution is 5.89. The molecule has 2 aliphatic carbocycles. The lowest BCUT2D eigenvalue weighted by Gasteiger charge is -2.62. The average Bonchev–Trinajstić information content (AvgIpc) is 3.41. The third kappa shape index (κ3) is 3.24. The summed E-state index contributed by atoms with van der Waals surface area (Å²) in [4.78, 5) is 26.1. The fourth-order valence-electron chi connectivity index (χ4n) is 6.62. The standard InChI is InChI=1S/C27H32O7/c1-24(2)18-15-21(33-22(28)17-9-6-5-7-10-17)26(4)20(32-23(29)19-11-8-14-31-19)12-13-25(3,30)27(26,16-18)34-24/h5-11,14,18,20-21,30H,12-13,15-16H2,1-4H3/t18-,20+,21+,25+,26+,27+/m1/s1. The van der Waals surface area contributed by atoms with Crippen molar-refractivity contribution < 1.29 is 33.3 Å². The maximum Gasteiger partial charge on any atom is 0.374 e. The Morgan fingerprint density at radius 1 is 0.971 bits per heavy atom. The third-order valence-corrected chi connectivity index (χ3v) is 8.65. The van der Waals surface area contributed by atoms with Crippen molar-refractivity contribution in [3.05, 3.63) is 60.1 Å². The van der Waals surface area contributed by atoms with Crippen LogP contribution in [0.2, 0.25) is 0 Å². The van der Waals surface area contributed by atoms with E-state index in [0.29, 0.717) is 31.2 Å². The largest absolute Gasteiger partial charge is 0.458 e. The first-order chi connectivity index (χ1) is 16.0. The van der Waals surface area contributed by atoms with Gasteiger partial charge in [-0.2, -0.15) is 0 Å². The van der Waals surface area contributed by atoms with E-state index in [1.165, 1.54) is 6.26 Å². The topological polar surface area (TPSA) is 95.2 Å². The molecule has 7 heteroatoms. The van der Waals surface area contributed by atoms with Gasteiger partial charge in [0.15, 0.2) is 0 Å². The molecule has 2 saturated carbocycles. The summed E-state index contributed by atoms with van der Waals surface area (Å²) >= 11 is 0. The van der Waals surface area contributed by atoms with Gasteiger partial charge in [0.2, 0.25) is 5.76 Å². The van der Waals surface area contributed by atoms with Gasteiger partial charge in [-0.25, -0.2) is 9.59 Å². The van der Waals surface area contributed by atoms with Crippen LogP contribution in [0, 0.1) is 11.3 Å². The summed E-state index contributed by atoms with van der Waals surface area (Å²) in [6, 6.07) is 12.0. The predicted octanol–water partition coefficient (Wildman–Crippen LogP) is 4.54. The lowest BCUT2D eigenvalue weighted by atomic mass is 9.49. The highest BCUT2D eigenvalue weighted by Gasteiger charge is 2.77. The van der Waals surface area contributed by atoms with Crippen molar-refractivity contribution in [3.63, 3.8) is 0 Å². The number of fused-ring (bicyclic) bond motifs is 1. The Morgan fingerprint density at radius 2 is 1.68 bits per heavy atom. The molecular formula is C27H32O7. The van der Waals surface area contributed by atoms with E-state index in [2.05, 4.69) is 0 Å². The molecular weight excluding hydrogens is 436 g/mol. The van der Waals surface area contributed by atoms with Crippen LogP contribution in [-0.2, 0) is 14.2 Å². The quantitative estimate of drug-likeness (QED) is 0.658. The minimum Gasteiger partial charge on any atom is -0.458 e. The molecule has 6 atom stereocenters. The van der Waals surface area contributed by atoms with Crippen LogP contribution in [0.3, 0.4) is 0 Å². The summed E-state index contributed by atoms with van der Waals surface area (Å²) in [7, 11) is 0. The number of hydrogen-bond acceptors (Lipinski definition) is 7. The minimum absolute atomic E-state index is 0.0696. The molecule has 182 valence electrons. The van der Waals surface area contributed by atoms with Crippen LogP contribution in [-0.4, -0.2) is 46.1 Å². The number of furan rings is 1. The molecule has 2 aromatic rings. The average molecular weight is 469 g/mol. The minimum atomic E-state index is -1.20. The molecule has 34 heavy (non-hydrogen) atoms. The first-order valence-corrected chi connectivity index (χ1v) is 11.9. The Labute approximate surface area is 199 Å². The molecule has 1 aromatic carbocycles. The molecule has 3 aliphatic rings. The Hall–Kier alpha value is -2.64. The van der Waals surface area contributed by atoms with Gasteiger partial charge in [-0.3, -0.25) is 0 Å². The zero-order chi connectivity index (χ0) is 24.4. The number of ether oxygens (including phenoxy) is 3. The number of carbonyl (C=O) groups excluding carboxylic acids is 2. The fraction of sp³-hybridized carbons (Fsp3) is 0.556. The van der Waals surface area contributed by atoms with E-state index in [9.17, 15) is 14.7 Å². The molecule has 1 N–H and O–H groups in total. The van der Waals surface area contributed by atoms with Crippen LogP contribution >= 0.6 is 0 Å². The molecule has 2 bridgehead atoms. The number of rotatable bonds is 4. The van der Waals surface area contributed by atoms with Crippen molar-refractivity contribution in [3.8, 4) is 0 Å². The second-order valence-corrected chi connectivity index (χ2v) is 10.9. The van der Waals surface area contributed by atoms with Gasteiger partial charge in [-0.1, -0.05) is 18.2 Å². The highest BCUT2D eigenvalue weighted by atomic mass is 16.6. The summed E-state index contributed by atoms with van der Waals surface area (Å²) in [5.74, 6) is -0.850. The Bertz CT molecular complexity index is 1070. The summed E-state index contributed by atoms with van der Waals surface area (Å²) in [5.41, 5.74) is -3.32. The summed E-state index contributed by atoms with van der Waals surface area (Å²) in [6.07, 6.45) is 2.10. The van der Waals surface area contributed by atoms with E-state index >= 15 is 0 Å². The van der Waals surface area contributed by atoms with Crippen molar-refractivity contribution in [1.29, 1.82) is 0 Å². The first kappa shape index (κ1) is 23.1. The van der Waals surface area contributed by atoms with E-state index in [-0.39, 0.29) is 11.7 Å². The number of carbonyl (C=O) groups is 2. The zero-order valence-electron chi connectivity index (χ0n) is 20.1. The van der Waals surface area contributed by atoms with Crippen molar-refractivity contribution in [2.45, 2.75) is 82.4 Å². The highest BCUT2D eigenvalue weighted by Crippen LogP contribution is 2.67. The molecule has 1 saturated heterocycles. The molecule has 0 amide bonds. The Kier molecular flexibility index (Phi) is 5.22. The lowest BCUT2D eigenvalue weighted by Crippen LogP contribution is -2.74. The van der Waals surface area contributed by atoms with Crippen LogP contribution in [0.4, 0.5) is 0 Å². The number of benzene rings is 1. The number of hydrogen-bond donors (Lipinski definition) is 1. The molecule has 7 nitrogen and oxygen atoms in total. The molecule has 1 aliphatic heterocycles. The van der Waals surface area contributed by atoms with Crippen molar-refractivity contribution in [1.82, 2.24) is 0 Å². The second-order valence-electron chi connectivity index (χ2n) is 10.9. The van der Waals surface area contributed by atoms with Crippen LogP contribution in [0.1, 0.15) is 74.3 Å². The molecule has 2 heterocycles. The summed E-state index contributed by atoms with van der Waals surface area (Å²) in [5, 5.41) is 11.7. The fourth-order valence-corrected chi connectivity index (χ4v) is 6.62. The maximum atomic E-state index is 13.2. The SMILES string of the molecule is CC1(C)O[C@]23C[C@H]1C[C@H](OC(=O)c1ccccc1)[C@]2(C)[C@@H](OC(=O)c1ccco1)CC[C@]3(C)O. The monoisotopic (exact) mass is 468 g/mol. The normalized spacial score (nSPS) is 38.1. The van der Waals surface area contributed by atoms with E-state index < -0.39 is 46.4 Å². The van der Waals surface area contributed by atoms with Crippen LogP contribution < -0.4 is 0 Å². The zero-order valence-corrected chi connectivity index (χ0v) is 20.1. The third-order valence-electron chi connectivity index (χ3n) is 8.65. The van der Waals surface area contributed by atoms with Crippen LogP contribution in [0.25, 0.3) is 0 Å². The van der Waals surface area contributed by atoms with Gasteiger partial charge in [0.05, 0.1) is 28.4 Å². The molecule has 1 aromatic heterocycles. The van der Waals surface area contributed by atoms with Crippen molar-refractivity contribution >= 4 is 11.9 Å². The van der Waals surface area contributed by atoms with Gasteiger partial charge in [-0.05, 0) is 83.6 Å². The van der Waals surface area contributed by atoms with Crippen molar-refractivity contribution in [2.24, 2.45) is 11.3 Å². The molecule has 0 unspecified atom stereocenters. The summed E-state index contributed by atoms with van der Waals surface area (Å²) < 4.78 is 24.2. The number of esters is 2. The van der Waals surface area contributed by atoms with E-state index in [1.807, 2.05) is 26.8 Å². The Morgan fingerprint density at radius 3 is 2.35 bits per heavy atom. The van der Waals surface area contributed by atoms with Crippen LogP contribution in [0.15, 0.2) is 53.1 Å². The lowest BCUT2D eigenvalue weighted by molar-refractivity contribution is -0.302. The second kappa shape index (κ2) is 7.68. The van der Waals surface area contributed by atoms with Gasteiger partial charge in [-0.15, -0.1) is 0 Å². The van der Waals surface area contributed by atoms with E-state index in [0.717, 1.165) is 0 Å².